The van der Waals surface area contributed by atoms with Gasteiger partial charge in [-0.15, -0.1) is 0 Å². The van der Waals surface area contributed by atoms with E-state index in [9.17, 15) is 5.11 Å². The van der Waals surface area contributed by atoms with Gasteiger partial charge in [0.15, 0.2) is 0 Å². The van der Waals surface area contributed by atoms with Crippen LogP contribution in [0.15, 0.2) is 24.3 Å². The molecule has 1 aliphatic rings. The van der Waals surface area contributed by atoms with Crippen molar-refractivity contribution in [2.24, 2.45) is 0 Å². The van der Waals surface area contributed by atoms with Crippen molar-refractivity contribution in [1.29, 1.82) is 0 Å². The monoisotopic (exact) mass is 293 g/mol. The second-order valence-corrected chi connectivity index (χ2v) is 5.53. The smallest absolute Gasteiger partial charge is 0.219 e. The first kappa shape index (κ1) is 11.0. The molecule has 0 saturated carbocycles. The predicted octanol–water partition coefficient (Wildman–Crippen LogP) is 2.73. The summed E-state index contributed by atoms with van der Waals surface area (Å²) in [5, 5.41) is 11.1. The van der Waals surface area contributed by atoms with E-state index in [-0.39, 0.29) is 4.83 Å². The lowest BCUT2D eigenvalue weighted by Gasteiger charge is -2.26. The zero-order valence-electron chi connectivity index (χ0n) is 9.35. The number of aliphatic hydroxyl groups excluding tert-OH is 1. The Morgan fingerprint density at radius 3 is 3.06 bits per heavy atom. The van der Waals surface area contributed by atoms with E-state index in [0.717, 1.165) is 16.5 Å². The van der Waals surface area contributed by atoms with Crippen LogP contribution in [0.25, 0.3) is 10.9 Å². The summed E-state index contributed by atoms with van der Waals surface area (Å²) in [4.78, 5) is 4.39. The van der Waals surface area contributed by atoms with Crippen LogP contribution in [0.1, 0.15) is 17.2 Å². The number of ether oxygens (including phenoxy) is 1. The Kier molecular flexibility index (Phi) is 2.56. The first-order valence-corrected chi connectivity index (χ1v) is 6.43. The van der Waals surface area contributed by atoms with Crippen LogP contribution >= 0.6 is 15.9 Å². The number of nitrogens with zero attached hydrogens (tertiary/aromatic N) is 1. The van der Waals surface area contributed by atoms with Gasteiger partial charge in [-0.05, 0) is 24.6 Å². The fraction of sp³-hybridized carbons (Fsp3) is 0.308. The van der Waals surface area contributed by atoms with E-state index in [1.165, 1.54) is 5.56 Å². The predicted molar refractivity (Wildman–Crippen MR) is 69.6 cm³/mol. The van der Waals surface area contributed by atoms with Crippen molar-refractivity contribution in [3.8, 4) is 5.88 Å². The Balaban J connectivity index is 2.22. The van der Waals surface area contributed by atoms with Gasteiger partial charge in [-0.1, -0.05) is 28.1 Å². The Hall–Kier alpha value is -1.13. The molecule has 0 saturated heterocycles. The molecule has 0 spiro atoms. The zero-order chi connectivity index (χ0) is 12.0. The van der Waals surface area contributed by atoms with Gasteiger partial charge in [-0.2, -0.15) is 0 Å². The second-order valence-electron chi connectivity index (χ2n) is 4.35. The summed E-state index contributed by atoms with van der Waals surface area (Å²) in [6, 6.07) is 8.03. The third-order valence-corrected chi connectivity index (χ3v) is 3.77. The Morgan fingerprint density at radius 1 is 1.41 bits per heavy atom. The van der Waals surface area contributed by atoms with Gasteiger partial charge >= 0.3 is 0 Å². The third kappa shape index (κ3) is 1.81. The second kappa shape index (κ2) is 3.96. The molecule has 1 aromatic carbocycles. The van der Waals surface area contributed by atoms with Crippen LogP contribution in [0.2, 0.25) is 0 Å². The number of aromatic nitrogens is 1. The van der Waals surface area contributed by atoms with Gasteiger partial charge in [-0.3, -0.25) is 0 Å². The Morgan fingerprint density at radius 2 is 2.24 bits per heavy atom. The molecule has 0 radical (unpaired) electrons. The van der Waals surface area contributed by atoms with Gasteiger partial charge in [0.05, 0.1) is 10.3 Å². The number of benzene rings is 1. The maximum Gasteiger partial charge on any atom is 0.219 e. The molecule has 2 atom stereocenters. The molecule has 1 aliphatic heterocycles. The van der Waals surface area contributed by atoms with Gasteiger partial charge in [0.25, 0.3) is 0 Å². The first-order chi connectivity index (χ1) is 8.15. The molecule has 88 valence electrons. The fourth-order valence-electron chi connectivity index (χ4n) is 2.05. The minimum atomic E-state index is -0.558. The van der Waals surface area contributed by atoms with E-state index in [1.54, 1.807) is 0 Å². The molecule has 4 heteroatoms. The van der Waals surface area contributed by atoms with E-state index < -0.39 is 6.10 Å². The van der Waals surface area contributed by atoms with Crippen molar-refractivity contribution < 1.29 is 9.84 Å². The maximum atomic E-state index is 10.1. The molecule has 2 heterocycles. The molecular weight excluding hydrogens is 282 g/mol. The fourth-order valence-corrected chi connectivity index (χ4v) is 2.46. The lowest BCUT2D eigenvalue weighted by Crippen LogP contribution is -2.26. The Bertz CT molecular complexity index is 585. The standard InChI is InChI=1S/C13H12BrNO2/c1-7-2-3-8-5-9-12(16)10(14)6-17-13(9)15-11(8)4-7/h2-5,10,12,16H,6H2,1H3/t10-,12-/m1/s1. The molecule has 0 unspecified atom stereocenters. The molecule has 0 bridgehead atoms. The highest BCUT2D eigenvalue weighted by atomic mass is 79.9. The van der Waals surface area contributed by atoms with E-state index in [0.29, 0.717) is 12.5 Å². The molecule has 0 aliphatic carbocycles. The lowest BCUT2D eigenvalue weighted by atomic mass is 10.0. The van der Waals surface area contributed by atoms with Gasteiger partial charge in [0, 0.05) is 10.9 Å². The van der Waals surface area contributed by atoms with Crippen LogP contribution in [0.5, 0.6) is 5.88 Å². The highest BCUT2D eigenvalue weighted by molar-refractivity contribution is 9.09. The van der Waals surface area contributed by atoms with Crippen molar-refractivity contribution in [2.75, 3.05) is 6.61 Å². The highest BCUT2D eigenvalue weighted by Crippen LogP contribution is 2.35. The van der Waals surface area contributed by atoms with Gasteiger partial charge in [0.2, 0.25) is 5.88 Å². The molecule has 1 aromatic heterocycles. The number of rotatable bonds is 0. The summed E-state index contributed by atoms with van der Waals surface area (Å²) in [5.74, 6) is 0.548. The molecule has 2 aromatic rings. The molecule has 3 rings (SSSR count). The van der Waals surface area contributed by atoms with Crippen molar-refractivity contribution in [2.45, 2.75) is 17.9 Å². The van der Waals surface area contributed by atoms with Gasteiger partial charge in [0.1, 0.15) is 12.7 Å². The lowest BCUT2D eigenvalue weighted by molar-refractivity contribution is 0.122. The van der Waals surface area contributed by atoms with E-state index in [4.69, 9.17) is 4.74 Å². The van der Waals surface area contributed by atoms with E-state index in [2.05, 4.69) is 20.9 Å². The van der Waals surface area contributed by atoms with Crippen molar-refractivity contribution >= 4 is 26.8 Å². The summed E-state index contributed by atoms with van der Waals surface area (Å²) in [6.07, 6.45) is -0.558. The molecule has 0 amide bonds. The highest BCUT2D eigenvalue weighted by Gasteiger charge is 2.28. The molecule has 0 fully saturated rings. The number of hydrogen-bond acceptors (Lipinski definition) is 3. The Labute approximate surface area is 108 Å². The van der Waals surface area contributed by atoms with E-state index >= 15 is 0 Å². The summed E-state index contributed by atoms with van der Waals surface area (Å²) in [5.41, 5.74) is 2.83. The molecule has 3 nitrogen and oxygen atoms in total. The molecule has 17 heavy (non-hydrogen) atoms. The average molecular weight is 294 g/mol. The summed E-state index contributed by atoms with van der Waals surface area (Å²) in [6.45, 7) is 2.48. The van der Waals surface area contributed by atoms with Crippen molar-refractivity contribution in [3.63, 3.8) is 0 Å². The van der Waals surface area contributed by atoms with Gasteiger partial charge in [-0.25, -0.2) is 4.98 Å². The minimum absolute atomic E-state index is 0.0697. The van der Waals surface area contributed by atoms with Gasteiger partial charge < -0.3 is 9.84 Å². The number of pyridine rings is 1. The number of aliphatic hydroxyl groups is 1. The third-order valence-electron chi connectivity index (χ3n) is 3.01. The number of hydrogen-bond donors (Lipinski definition) is 1. The van der Waals surface area contributed by atoms with Crippen LogP contribution in [0.3, 0.4) is 0 Å². The summed E-state index contributed by atoms with van der Waals surface area (Å²) < 4.78 is 5.54. The van der Waals surface area contributed by atoms with Crippen LogP contribution in [0.4, 0.5) is 0 Å². The SMILES string of the molecule is Cc1ccc2cc3c(nc2c1)OC[C@@H](Br)[C@@H]3O. The quantitative estimate of drug-likeness (QED) is 0.760. The topological polar surface area (TPSA) is 42.4 Å². The number of aryl methyl sites for hydroxylation is 1. The van der Waals surface area contributed by atoms with Crippen LogP contribution in [-0.2, 0) is 0 Å². The van der Waals surface area contributed by atoms with Crippen molar-refractivity contribution in [3.05, 3.63) is 35.4 Å². The normalized spacial score (nSPS) is 23.2. The number of fused-ring (bicyclic) bond motifs is 2. The number of alkyl halides is 1. The summed E-state index contributed by atoms with van der Waals surface area (Å²) >= 11 is 3.40. The summed E-state index contributed by atoms with van der Waals surface area (Å²) in [7, 11) is 0. The largest absolute Gasteiger partial charge is 0.476 e. The molecule has 1 N–H and O–H groups in total. The van der Waals surface area contributed by atoms with Crippen LogP contribution in [-0.4, -0.2) is 21.5 Å². The first-order valence-electron chi connectivity index (χ1n) is 5.51. The zero-order valence-corrected chi connectivity index (χ0v) is 10.9. The van der Waals surface area contributed by atoms with Crippen molar-refractivity contribution in [1.82, 2.24) is 4.98 Å². The van der Waals surface area contributed by atoms with E-state index in [1.807, 2.05) is 31.2 Å². The number of halogens is 1. The molecular formula is C13H12BrNO2. The maximum absolute atomic E-state index is 10.1. The van der Waals surface area contributed by atoms with Crippen LogP contribution in [0, 0.1) is 6.92 Å². The average Bonchev–Trinajstić information content (AvgIpc) is 2.32. The minimum Gasteiger partial charge on any atom is -0.476 e. The van der Waals surface area contributed by atoms with Crippen LogP contribution < -0.4 is 4.74 Å².